The quantitative estimate of drug-likeness (QED) is 0.00823. The van der Waals surface area contributed by atoms with E-state index in [2.05, 4.69) is 101 Å². The van der Waals surface area contributed by atoms with Crippen molar-refractivity contribution in [3.05, 3.63) is 152 Å². The zero-order chi connectivity index (χ0) is 98.8. The highest BCUT2D eigenvalue weighted by molar-refractivity contribution is 7.80. The van der Waals surface area contributed by atoms with Gasteiger partial charge in [0, 0.05) is 73.9 Å². The van der Waals surface area contributed by atoms with Crippen molar-refractivity contribution < 1.29 is 82.8 Å². The lowest BCUT2D eigenvalue weighted by Crippen LogP contribution is -2.61. The van der Waals surface area contributed by atoms with Gasteiger partial charge in [0.2, 0.25) is 65.0 Å². The molecule has 0 aliphatic carbocycles. The highest BCUT2D eigenvalue weighted by Gasteiger charge is 2.38. The molecule has 0 aliphatic heterocycles. The lowest BCUT2D eigenvalue weighted by Gasteiger charge is -2.29. The summed E-state index contributed by atoms with van der Waals surface area (Å²) < 4.78 is 0. The van der Waals surface area contributed by atoms with Crippen LogP contribution >= 0.6 is 24.4 Å². The van der Waals surface area contributed by atoms with Gasteiger partial charge in [0.05, 0.1) is 19.7 Å². The van der Waals surface area contributed by atoms with Crippen LogP contribution in [-0.4, -0.2) is 218 Å². The predicted octanol–water partition coefficient (Wildman–Crippen LogP) is 0.737. The van der Waals surface area contributed by atoms with Crippen LogP contribution in [0.15, 0.2) is 119 Å². The molecule has 0 fully saturated rings. The number of carbonyl (C=O) groups is 13. The number of aromatic hydroxyl groups is 1. The number of para-hydroxylation sites is 1. The number of hydrogen-bond acceptors (Lipinski definition) is 22. The Labute approximate surface area is 786 Å². The Kier molecular flexibility index (Phi) is 45.0. The third-order valence-electron chi connectivity index (χ3n) is 21.8. The minimum Gasteiger partial charge on any atom is -0.502 e. The van der Waals surface area contributed by atoms with Crippen molar-refractivity contribution in [2.24, 2.45) is 35.1 Å². The second-order valence-electron chi connectivity index (χ2n) is 33.5. The third kappa shape index (κ3) is 37.0. The number of benzene rings is 4. The first kappa shape index (κ1) is 109. The number of anilines is 3. The van der Waals surface area contributed by atoms with Crippen molar-refractivity contribution >= 4 is 151 Å². The Morgan fingerprint density at radius 3 is 1.38 bits per heavy atom. The topological polar surface area (TPSA) is 669 Å². The fourth-order valence-electron chi connectivity index (χ4n) is 14.0. The molecule has 5 aromatic carbocycles. The van der Waals surface area contributed by atoms with Gasteiger partial charge in [-0.3, -0.25) is 77.9 Å². The van der Waals surface area contributed by atoms with Crippen LogP contribution in [0.4, 0.5) is 17.1 Å². The number of carboxylic acid groups (broad SMARTS) is 2. The molecule has 0 bridgehead atoms. The smallest absolute Gasteiger partial charge is 0.326 e. The first-order valence-corrected chi connectivity index (χ1v) is 45.1. The molecule has 12 unspecified atom stereocenters. The van der Waals surface area contributed by atoms with E-state index in [1.807, 2.05) is 0 Å². The van der Waals surface area contributed by atoms with Crippen LogP contribution in [0.5, 0.6) is 5.75 Å². The van der Waals surface area contributed by atoms with E-state index in [4.69, 9.17) is 46.7 Å². The maximum atomic E-state index is 15.1. The molecule has 42 nitrogen and oxygen atoms in total. The first-order valence-electron chi connectivity index (χ1n) is 44.3. The van der Waals surface area contributed by atoms with Crippen LogP contribution in [0.25, 0.3) is 10.9 Å². The van der Waals surface area contributed by atoms with Gasteiger partial charge in [-0.2, -0.15) is 0 Å². The van der Waals surface area contributed by atoms with Crippen LogP contribution in [-0.2, 0) is 88.3 Å². The zero-order valence-electron chi connectivity index (χ0n) is 76.2. The largest absolute Gasteiger partial charge is 0.502 e. The van der Waals surface area contributed by atoms with E-state index in [1.165, 1.54) is 0 Å². The monoisotopic (exact) mass is 1900 g/mol. The summed E-state index contributed by atoms with van der Waals surface area (Å²) in [7, 11) is 0. The molecular formula is C90H127N23O19S2. The molecule has 29 N–H and O–H groups in total. The number of nitrogens with two attached hydrogens (primary N) is 2. The lowest BCUT2D eigenvalue weighted by atomic mass is 9.96. The van der Waals surface area contributed by atoms with E-state index < -0.39 is 204 Å². The molecule has 0 spiro atoms. The maximum absolute atomic E-state index is 15.1. The molecule has 11 amide bonds. The number of rotatable bonds is 57. The number of nitrogens with one attached hydrogen (secondary N) is 21. The molecule has 1 heterocycles. The summed E-state index contributed by atoms with van der Waals surface area (Å²) >= 11 is 11.1. The van der Waals surface area contributed by atoms with Crippen LogP contribution < -0.4 is 118 Å². The summed E-state index contributed by atoms with van der Waals surface area (Å²) in [5.74, 6) is -16.2. The Morgan fingerprint density at radius 2 is 0.873 bits per heavy atom. The molecule has 134 heavy (non-hydrogen) atoms. The van der Waals surface area contributed by atoms with Crippen molar-refractivity contribution in [2.75, 3.05) is 48.7 Å². The number of aliphatic hydroxyl groups is 1. The highest BCUT2D eigenvalue weighted by Crippen LogP contribution is 2.23. The van der Waals surface area contributed by atoms with Gasteiger partial charge in [0.25, 0.3) is 10.9 Å². The number of aromatic amines is 1. The first-order chi connectivity index (χ1) is 63.7. The van der Waals surface area contributed by atoms with Crippen molar-refractivity contribution in [3.8, 4) is 5.75 Å². The Morgan fingerprint density at radius 1 is 0.440 bits per heavy atom. The fourth-order valence-corrected chi connectivity index (χ4v) is 14.4. The van der Waals surface area contributed by atoms with Crippen LogP contribution in [0.2, 0.25) is 0 Å². The van der Waals surface area contributed by atoms with Gasteiger partial charge < -0.3 is 133 Å². The number of carbonyl (C=O) groups excluding carboxylic acids is 11. The van der Waals surface area contributed by atoms with Gasteiger partial charge in [-0.15, -0.1) is 0 Å². The Balaban J connectivity index is 1.20. The van der Waals surface area contributed by atoms with Gasteiger partial charge in [-0.05, 0) is 158 Å². The summed E-state index contributed by atoms with van der Waals surface area (Å²) in [4.78, 5) is 211. The number of amides is 11. The van der Waals surface area contributed by atoms with E-state index in [0.29, 0.717) is 59.3 Å². The number of aliphatic carboxylic acids is 2. The second kappa shape index (κ2) is 55.4. The number of unbranched alkanes of at least 4 members (excludes halogenated alkanes) is 2. The van der Waals surface area contributed by atoms with E-state index in [-0.39, 0.29) is 111 Å². The van der Waals surface area contributed by atoms with Crippen molar-refractivity contribution in [2.45, 2.75) is 219 Å². The number of H-pyrrole nitrogens is 1. The summed E-state index contributed by atoms with van der Waals surface area (Å²) in [5, 5.41) is 106. The van der Waals surface area contributed by atoms with Crippen molar-refractivity contribution in [1.29, 1.82) is 10.8 Å². The SMILES string of the molecule is CCC(C)C(NC(=O)CNC(=O)C(CCC(=O)O)NC(=O)C(Cc1c[nH]c2ccccc12)NC(=O)C(NC(=O)C(CCCCNC(=S)Nc1ccc(CNC(=N)N)cc1)NC(=O)CNC(=O)C(CC(C)C)Nc1c(O)c(=O)c1=O)C(C)CC)C(=O)NC(CCCCNC(=S)Nc1ccc(CNC(=N)N)cc1)C(=O)NC(CO)C(=O)NC(CC(C)C)C(=O)NC(Cc1ccccc1)C(=O)O. The maximum Gasteiger partial charge on any atom is 0.326 e. The molecule has 0 saturated carbocycles. The van der Waals surface area contributed by atoms with Crippen molar-refractivity contribution in [1.82, 2.24) is 84.7 Å². The van der Waals surface area contributed by atoms with Gasteiger partial charge in [0.15, 0.2) is 27.9 Å². The number of carboxylic acids is 2. The lowest BCUT2D eigenvalue weighted by molar-refractivity contribution is -0.142. The second-order valence-corrected chi connectivity index (χ2v) is 34.3. The molecule has 6 aromatic rings. The summed E-state index contributed by atoms with van der Waals surface area (Å²) in [6.45, 7) is 12.2. The third-order valence-corrected chi connectivity index (χ3v) is 22.3. The van der Waals surface area contributed by atoms with E-state index in [0.717, 1.165) is 11.1 Å². The minimum atomic E-state index is -1.76. The van der Waals surface area contributed by atoms with Crippen LogP contribution in [0.1, 0.15) is 155 Å². The summed E-state index contributed by atoms with van der Waals surface area (Å²) in [6, 6.07) is 14.8. The van der Waals surface area contributed by atoms with Crippen molar-refractivity contribution in [3.63, 3.8) is 0 Å². The van der Waals surface area contributed by atoms with Gasteiger partial charge in [-0.1, -0.05) is 141 Å². The van der Waals surface area contributed by atoms with Crippen LogP contribution in [0, 0.1) is 34.5 Å². The molecule has 728 valence electrons. The fraction of sp³-hybridized carbons (Fsp3) is 0.478. The summed E-state index contributed by atoms with van der Waals surface area (Å²) in [5.41, 5.74) is 12.9. The van der Waals surface area contributed by atoms with Gasteiger partial charge in [-0.25, -0.2) is 4.79 Å². The van der Waals surface area contributed by atoms with Crippen LogP contribution in [0.3, 0.4) is 0 Å². The number of fused-ring (bicyclic) bond motifs is 1. The number of thiocarbonyl (C=S) groups is 2. The number of guanidine groups is 2. The molecule has 1 aromatic heterocycles. The zero-order valence-corrected chi connectivity index (χ0v) is 77.8. The Bertz CT molecular complexity index is 5110. The molecule has 44 heteroatoms. The molecule has 0 radical (unpaired) electrons. The number of aromatic nitrogens is 1. The number of hydrogen-bond donors (Lipinski definition) is 27. The minimum absolute atomic E-state index is 0.00604. The normalized spacial score (nSPS) is 13.8. The standard InChI is InChI=1S/C90H127N23O19S2/c1-9-50(7)71(84(129)107-61(25-17-19-37-96-90(134)103-57-32-28-54(29-33-57)43-101-88(93)94)79(124)111-67(47-114)83(128)108-64(39-49(5)6)81(126)110-66(86(131)132)40-52-20-12-11-13-21-52)112-69(116)46-98-77(122)62(34-35-70(117)118)106-82(127)65(41-55-44-97-59-23-15-14-22-58(55)59)109-85(130)72(51(8)10-2)113-80(125)60(24-16-18-36-95-89(133)102-56-30-26-53(27-31-56)42-100-87(91)92)104-68(115)45-99-78(123)63(38-48(3)4)105-73-74(119)76(121)75(73)120/h11-15,20-23,26-33,44,48-51,60-67,71-72,97,105,114,119H,9-10,16-19,24-25,34-43,45-47H2,1-8H3,(H,98,122)(H,99,123)(H,104,115)(H,106,127)(H,107,129)(H,108,128)(H,109,130)(H,110,126)(H,111,124)(H,112,116)(H,113,125)(H,117,118)(H,131,132)(H4,91,92,100)(H4,93,94,101)(H2,95,102,133)(H2,96,103,134). The predicted molar refractivity (Wildman–Crippen MR) is 512 cm³/mol. The molecule has 12 atom stereocenters. The van der Waals surface area contributed by atoms with Gasteiger partial charge in [0.1, 0.15) is 66.1 Å². The average molecular weight is 1900 g/mol. The molecule has 0 saturated heterocycles. The van der Waals surface area contributed by atoms with E-state index in [1.54, 1.807) is 165 Å². The van der Waals surface area contributed by atoms with Gasteiger partial charge >= 0.3 is 11.9 Å². The molecular weight excluding hydrogens is 1770 g/mol. The average Bonchev–Trinajstić information content (AvgIpc) is 0.918. The van der Waals surface area contributed by atoms with E-state index >= 15 is 9.59 Å². The summed E-state index contributed by atoms with van der Waals surface area (Å²) in [6.07, 6.45) is 1.32. The molecule has 6 rings (SSSR count). The molecule has 0 aliphatic rings. The number of aliphatic hydroxyl groups excluding tert-OH is 1. The Hall–Kier alpha value is -13.9. The van der Waals surface area contributed by atoms with E-state index in [9.17, 15) is 82.8 Å². The highest BCUT2D eigenvalue weighted by atomic mass is 32.1.